The Bertz CT molecular complexity index is 1010. The zero-order chi connectivity index (χ0) is 17.9. The molecule has 0 atom stereocenters. The Balaban J connectivity index is 1.70. The van der Waals surface area contributed by atoms with Gasteiger partial charge in [-0.05, 0) is 66.7 Å². The van der Waals surface area contributed by atoms with Crippen molar-refractivity contribution < 1.29 is 4.39 Å². The van der Waals surface area contributed by atoms with Crippen molar-refractivity contribution in [3.05, 3.63) is 84.1 Å². The van der Waals surface area contributed by atoms with Crippen molar-refractivity contribution in [2.24, 2.45) is 0 Å². The summed E-state index contributed by atoms with van der Waals surface area (Å²) in [7, 11) is 2.09. The first-order valence-corrected chi connectivity index (χ1v) is 8.49. The van der Waals surface area contributed by atoms with Gasteiger partial charge in [-0.15, -0.1) is 0 Å². The van der Waals surface area contributed by atoms with E-state index in [0.29, 0.717) is 0 Å². The molecular weight excluding hydrogens is 327 g/mol. The molecule has 3 heterocycles. The molecule has 1 aromatic carbocycles. The van der Waals surface area contributed by atoms with Gasteiger partial charge < -0.3 is 4.98 Å². The van der Waals surface area contributed by atoms with Crippen LogP contribution >= 0.6 is 0 Å². The summed E-state index contributed by atoms with van der Waals surface area (Å²) in [6.07, 6.45) is 5.39. The molecule has 1 N–H and O–H groups in total. The number of nitrogens with zero attached hydrogens (tertiary/aromatic N) is 3. The molecule has 0 amide bonds. The molecule has 0 unspecified atom stereocenters. The number of pyridine rings is 2. The zero-order valence-electron chi connectivity index (χ0n) is 14.5. The van der Waals surface area contributed by atoms with Gasteiger partial charge in [-0.3, -0.25) is 9.88 Å². The molecule has 3 aromatic heterocycles. The molecule has 130 valence electrons. The molecule has 0 aliphatic carbocycles. The van der Waals surface area contributed by atoms with Crippen molar-refractivity contribution in [1.82, 2.24) is 19.9 Å². The van der Waals surface area contributed by atoms with Gasteiger partial charge in [0.05, 0.1) is 5.69 Å². The van der Waals surface area contributed by atoms with Crippen LogP contribution in [-0.2, 0) is 13.1 Å². The highest BCUT2D eigenvalue weighted by atomic mass is 19.1. The number of hydrogen-bond acceptors (Lipinski definition) is 3. The summed E-state index contributed by atoms with van der Waals surface area (Å²) in [6.45, 7) is 1.57. The summed E-state index contributed by atoms with van der Waals surface area (Å²) < 4.78 is 13.3. The number of halogens is 1. The normalized spacial score (nSPS) is 11.3. The summed E-state index contributed by atoms with van der Waals surface area (Å²) in [5.74, 6) is -0.237. The second-order valence-electron chi connectivity index (χ2n) is 6.41. The van der Waals surface area contributed by atoms with Crippen LogP contribution in [0.1, 0.15) is 11.1 Å². The lowest BCUT2D eigenvalue weighted by Gasteiger charge is -2.17. The number of aromatic nitrogens is 3. The van der Waals surface area contributed by atoms with Crippen molar-refractivity contribution in [2.75, 3.05) is 7.05 Å². The van der Waals surface area contributed by atoms with Crippen LogP contribution in [0.4, 0.5) is 4.39 Å². The second-order valence-corrected chi connectivity index (χ2v) is 6.41. The van der Waals surface area contributed by atoms with E-state index in [9.17, 15) is 4.39 Å². The van der Waals surface area contributed by atoms with Crippen molar-refractivity contribution in [3.8, 4) is 11.3 Å². The molecule has 0 fully saturated rings. The fraction of sp³-hybridized carbons (Fsp3) is 0.143. The van der Waals surface area contributed by atoms with Gasteiger partial charge in [0.2, 0.25) is 0 Å². The van der Waals surface area contributed by atoms with Gasteiger partial charge in [0.25, 0.3) is 0 Å². The summed E-state index contributed by atoms with van der Waals surface area (Å²) in [6, 6.07) is 14.6. The molecule has 4 rings (SSSR count). The fourth-order valence-corrected chi connectivity index (χ4v) is 3.23. The highest BCUT2D eigenvalue weighted by Gasteiger charge is 2.15. The quantitative estimate of drug-likeness (QED) is 0.583. The Kier molecular flexibility index (Phi) is 4.46. The van der Waals surface area contributed by atoms with E-state index in [-0.39, 0.29) is 5.82 Å². The minimum absolute atomic E-state index is 0.237. The van der Waals surface area contributed by atoms with Gasteiger partial charge in [0, 0.05) is 42.6 Å². The van der Waals surface area contributed by atoms with Crippen molar-refractivity contribution in [3.63, 3.8) is 0 Å². The monoisotopic (exact) mass is 346 g/mol. The highest BCUT2D eigenvalue weighted by Crippen LogP contribution is 2.30. The first-order valence-electron chi connectivity index (χ1n) is 8.49. The molecule has 0 aliphatic heterocycles. The van der Waals surface area contributed by atoms with E-state index < -0.39 is 0 Å². The molecule has 0 radical (unpaired) electrons. The SMILES string of the molecule is CN(Cc1ccncc1)Cc1c(-c2ccc(F)cc2)[nH]c2ncccc12. The average molecular weight is 346 g/mol. The first kappa shape index (κ1) is 16.4. The third-order valence-electron chi connectivity index (χ3n) is 4.44. The molecular formula is C21H19FN4. The fourth-order valence-electron chi connectivity index (χ4n) is 3.23. The molecule has 0 bridgehead atoms. The predicted molar refractivity (Wildman–Crippen MR) is 101 cm³/mol. The first-order chi connectivity index (χ1) is 12.7. The lowest BCUT2D eigenvalue weighted by molar-refractivity contribution is 0.320. The lowest BCUT2D eigenvalue weighted by atomic mass is 10.1. The Labute approximate surface area is 151 Å². The zero-order valence-corrected chi connectivity index (χ0v) is 14.5. The Morgan fingerprint density at radius 1 is 0.962 bits per heavy atom. The third kappa shape index (κ3) is 3.34. The van der Waals surface area contributed by atoms with E-state index in [2.05, 4.69) is 33.0 Å². The minimum atomic E-state index is -0.237. The summed E-state index contributed by atoms with van der Waals surface area (Å²) in [5.41, 5.74) is 5.16. The van der Waals surface area contributed by atoms with Gasteiger partial charge in [-0.2, -0.15) is 0 Å². The van der Waals surface area contributed by atoms with E-state index in [1.165, 1.54) is 17.7 Å². The Morgan fingerprint density at radius 3 is 2.50 bits per heavy atom. The van der Waals surface area contributed by atoms with E-state index in [0.717, 1.165) is 40.9 Å². The molecule has 4 nitrogen and oxygen atoms in total. The number of rotatable bonds is 5. The highest BCUT2D eigenvalue weighted by molar-refractivity contribution is 5.88. The number of aromatic amines is 1. The maximum atomic E-state index is 13.3. The van der Waals surface area contributed by atoms with Crippen molar-refractivity contribution >= 4 is 11.0 Å². The molecule has 0 saturated carbocycles. The Hall–Kier alpha value is -3.05. The third-order valence-corrected chi connectivity index (χ3v) is 4.44. The standard InChI is InChI=1S/C21H19FN4/c1-26(13-15-8-11-23-12-9-15)14-19-18-3-2-10-24-21(18)25-20(19)16-4-6-17(22)7-5-16/h2-12H,13-14H2,1H3,(H,24,25). The number of H-pyrrole nitrogens is 1. The number of fused-ring (bicyclic) bond motifs is 1. The van der Waals surface area contributed by atoms with E-state index in [1.54, 1.807) is 18.3 Å². The largest absolute Gasteiger partial charge is 0.339 e. The van der Waals surface area contributed by atoms with E-state index in [1.807, 2.05) is 30.6 Å². The van der Waals surface area contributed by atoms with Gasteiger partial charge in [0.1, 0.15) is 11.5 Å². The number of hydrogen-bond donors (Lipinski definition) is 1. The van der Waals surface area contributed by atoms with E-state index >= 15 is 0 Å². The van der Waals surface area contributed by atoms with Crippen molar-refractivity contribution in [2.45, 2.75) is 13.1 Å². The topological polar surface area (TPSA) is 44.8 Å². The summed E-state index contributed by atoms with van der Waals surface area (Å²) >= 11 is 0. The molecule has 4 aromatic rings. The van der Waals surface area contributed by atoms with E-state index in [4.69, 9.17) is 0 Å². The van der Waals surface area contributed by atoms with Crippen LogP contribution in [0.15, 0.2) is 67.1 Å². The summed E-state index contributed by atoms with van der Waals surface area (Å²) in [4.78, 5) is 14.2. The van der Waals surface area contributed by atoms with Crippen LogP contribution in [0.2, 0.25) is 0 Å². The van der Waals surface area contributed by atoms with Crippen LogP contribution in [0, 0.1) is 5.82 Å². The number of nitrogens with one attached hydrogen (secondary N) is 1. The lowest BCUT2D eigenvalue weighted by Crippen LogP contribution is -2.17. The van der Waals surface area contributed by atoms with Crippen LogP contribution in [0.5, 0.6) is 0 Å². The predicted octanol–water partition coefficient (Wildman–Crippen LogP) is 4.40. The smallest absolute Gasteiger partial charge is 0.138 e. The molecule has 0 aliphatic rings. The van der Waals surface area contributed by atoms with Gasteiger partial charge >= 0.3 is 0 Å². The minimum Gasteiger partial charge on any atom is -0.339 e. The molecule has 0 spiro atoms. The van der Waals surface area contributed by atoms with Crippen LogP contribution in [0.3, 0.4) is 0 Å². The molecule has 26 heavy (non-hydrogen) atoms. The van der Waals surface area contributed by atoms with Crippen LogP contribution in [-0.4, -0.2) is 26.9 Å². The van der Waals surface area contributed by atoms with Gasteiger partial charge in [0.15, 0.2) is 0 Å². The molecule has 5 heteroatoms. The van der Waals surface area contributed by atoms with Gasteiger partial charge in [-0.25, -0.2) is 9.37 Å². The van der Waals surface area contributed by atoms with Crippen molar-refractivity contribution in [1.29, 1.82) is 0 Å². The summed E-state index contributed by atoms with van der Waals surface area (Å²) in [5, 5.41) is 1.09. The number of benzene rings is 1. The van der Waals surface area contributed by atoms with Crippen LogP contribution < -0.4 is 0 Å². The molecule has 0 saturated heterocycles. The van der Waals surface area contributed by atoms with Gasteiger partial charge in [-0.1, -0.05) is 0 Å². The average Bonchev–Trinajstić information content (AvgIpc) is 3.02. The van der Waals surface area contributed by atoms with Crippen LogP contribution in [0.25, 0.3) is 22.3 Å². The maximum absolute atomic E-state index is 13.3. The Morgan fingerprint density at radius 2 is 1.73 bits per heavy atom. The second kappa shape index (κ2) is 7.06. The maximum Gasteiger partial charge on any atom is 0.138 e.